The smallest absolute Gasteiger partial charge is 0.316 e. The number of ketones is 1. The Bertz CT molecular complexity index is 544. The van der Waals surface area contributed by atoms with E-state index in [-0.39, 0.29) is 11.4 Å². The first-order valence-corrected chi connectivity index (χ1v) is 9.91. The van der Waals surface area contributed by atoms with Gasteiger partial charge in [0.2, 0.25) is 6.41 Å². The number of likely N-dealkylation sites (tertiary alicyclic amines) is 1. The van der Waals surface area contributed by atoms with Gasteiger partial charge in [-0.05, 0) is 46.7 Å². The molecule has 0 aliphatic carbocycles. The fourth-order valence-corrected chi connectivity index (χ4v) is 3.99. The molecule has 2 heterocycles. The molecular weight excluding hydrogens is 348 g/mol. The third-order valence-electron chi connectivity index (χ3n) is 6.21. The van der Waals surface area contributed by atoms with Gasteiger partial charge in [0.05, 0.1) is 5.60 Å². The first-order valence-electron chi connectivity index (χ1n) is 9.91. The Hall–Kier alpha value is -1.47. The SMILES string of the molecule is CO[C@]1(C)CCCN(C)CC2(CCN(C=O)CC2)OC(=O)C(C)C(=O)CC1. The number of ether oxygens (including phenoxy) is 2. The van der Waals surface area contributed by atoms with Crippen molar-refractivity contribution in [3.63, 3.8) is 0 Å². The summed E-state index contributed by atoms with van der Waals surface area (Å²) in [6.45, 7) is 6.25. The number of piperidine rings is 1. The van der Waals surface area contributed by atoms with Gasteiger partial charge >= 0.3 is 5.97 Å². The third kappa shape index (κ3) is 5.75. The average molecular weight is 383 g/mol. The average Bonchev–Trinajstić information content (AvgIpc) is 2.65. The van der Waals surface area contributed by atoms with Gasteiger partial charge in [0.25, 0.3) is 0 Å². The Morgan fingerprint density at radius 2 is 1.81 bits per heavy atom. The Balaban J connectivity index is 2.19. The lowest BCUT2D eigenvalue weighted by Crippen LogP contribution is -2.53. The van der Waals surface area contributed by atoms with Gasteiger partial charge in [-0.2, -0.15) is 0 Å². The highest BCUT2D eigenvalue weighted by atomic mass is 16.6. The molecule has 2 saturated heterocycles. The minimum absolute atomic E-state index is 0.101. The van der Waals surface area contributed by atoms with Gasteiger partial charge in [-0.25, -0.2) is 0 Å². The van der Waals surface area contributed by atoms with E-state index >= 15 is 0 Å². The molecule has 0 saturated carbocycles. The molecule has 2 fully saturated rings. The van der Waals surface area contributed by atoms with E-state index in [0.29, 0.717) is 45.3 Å². The number of nitrogens with zero attached hydrogens (tertiary/aromatic N) is 2. The van der Waals surface area contributed by atoms with Crippen molar-refractivity contribution in [2.24, 2.45) is 5.92 Å². The summed E-state index contributed by atoms with van der Waals surface area (Å²) in [7, 11) is 3.71. The molecule has 2 atom stereocenters. The first kappa shape index (κ1) is 21.8. The van der Waals surface area contributed by atoms with Crippen molar-refractivity contribution in [3.8, 4) is 0 Å². The Kier molecular flexibility index (Phi) is 7.40. The predicted octanol–water partition coefficient (Wildman–Crippen LogP) is 1.64. The number of hydrogen-bond acceptors (Lipinski definition) is 6. The van der Waals surface area contributed by atoms with Crippen LogP contribution in [-0.4, -0.2) is 79.5 Å². The van der Waals surface area contributed by atoms with E-state index in [9.17, 15) is 14.4 Å². The molecular formula is C20H34N2O5. The van der Waals surface area contributed by atoms with Crippen LogP contribution in [0.1, 0.15) is 52.4 Å². The Labute approximate surface area is 162 Å². The molecule has 2 aliphatic heterocycles. The van der Waals surface area contributed by atoms with E-state index in [2.05, 4.69) is 4.90 Å². The molecule has 0 aromatic rings. The molecule has 154 valence electrons. The second-order valence-corrected chi connectivity index (χ2v) is 8.43. The zero-order valence-electron chi connectivity index (χ0n) is 17.2. The van der Waals surface area contributed by atoms with E-state index < -0.39 is 17.5 Å². The molecule has 7 nitrogen and oxygen atoms in total. The van der Waals surface area contributed by atoms with Crippen molar-refractivity contribution < 1.29 is 23.9 Å². The number of likely N-dealkylation sites (N-methyl/N-ethyl adjacent to an activating group) is 1. The highest BCUT2D eigenvalue weighted by molar-refractivity contribution is 5.98. The molecule has 1 spiro atoms. The Morgan fingerprint density at radius 1 is 1.15 bits per heavy atom. The maximum atomic E-state index is 12.7. The molecule has 0 bridgehead atoms. The lowest BCUT2D eigenvalue weighted by atomic mass is 9.90. The minimum atomic E-state index is -0.779. The summed E-state index contributed by atoms with van der Waals surface area (Å²) in [6.07, 6.45) is 4.74. The van der Waals surface area contributed by atoms with E-state index in [1.807, 2.05) is 14.0 Å². The normalized spacial score (nSPS) is 31.6. The molecule has 2 aliphatic rings. The van der Waals surface area contributed by atoms with E-state index in [0.717, 1.165) is 25.8 Å². The van der Waals surface area contributed by atoms with Gasteiger partial charge in [0.15, 0.2) is 0 Å². The van der Waals surface area contributed by atoms with Gasteiger partial charge in [-0.1, -0.05) is 0 Å². The van der Waals surface area contributed by atoms with Crippen molar-refractivity contribution in [3.05, 3.63) is 0 Å². The van der Waals surface area contributed by atoms with Crippen molar-refractivity contribution in [1.82, 2.24) is 9.80 Å². The van der Waals surface area contributed by atoms with Crippen molar-refractivity contribution in [1.29, 1.82) is 0 Å². The highest BCUT2D eigenvalue weighted by Crippen LogP contribution is 2.30. The topological polar surface area (TPSA) is 76.2 Å². The zero-order valence-corrected chi connectivity index (χ0v) is 17.2. The lowest BCUT2D eigenvalue weighted by molar-refractivity contribution is -0.172. The van der Waals surface area contributed by atoms with Crippen LogP contribution in [0.15, 0.2) is 0 Å². The monoisotopic (exact) mass is 382 g/mol. The third-order valence-corrected chi connectivity index (χ3v) is 6.21. The van der Waals surface area contributed by atoms with Crippen LogP contribution in [0.3, 0.4) is 0 Å². The standard InChI is InChI=1S/C20H34N2O5/c1-16-17(24)6-8-19(2,26-4)7-5-11-21(3)14-20(27-18(16)25)9-12-22(15-23)13-10-20/h15-16H,5-14H2,1-4H3/t16?,19-/m1/s1. The van der Waals surface area contributed by atoms with Crippen molar-refractivity contribution in [2.45, 2.75) is 63.6 Å². The fourth-order valence-electron chi connectivity index (χ4n) is 3.99. The molecule has 2 rings (SSSR count). The lowest BCUT2D eigenvalue weighted by Gasteiger charge is -2.42. The van der Waals surface area contributed by atoms with Gasteiger partial charge in [0, 0.05) is 46.0 Å². The summed E-state index contributed by atoms with van der Waals surface area (Å²) in [5.74, 6) is -1.33. The van der Waals surface area contributed by atoms with E-state index in [1.54, 1.807) is 18.9 Å². The maximum absolute atomic E-state index is 12.7. The summed E-state index contributed by atoms with van der Waals surface area (Å²) in [6, 6.07) is 0. The van der Waals surface area contributed by atoms with Crippen LogP contribution in [-0.2, 0) is 23.9 Å². The van der Waals surface area contributed by atoms with Crippen LogP contribution in [0.5, 0.6) is 0 Å². The summed E-state index contributed by atoms with van der Waals surface area (Å²) in [4.78, 5) is 40.2. The summed E-state index contributed by atoms with van der Waals surface area (Å²) < 4.78 is 11.6. The summed E-state index contributed by atoms with van der Waals surface area (Å²) >= 11 is 0. The summed E-state index contributed by atoms with van der Waals surface area (Å²) in [5.41, 5.74) is -1.00. The molecule has 0 N–H and O–H groups in total. The quantitative estimate of drug-likeness (QED) is 0.411. The van der Waals surface area contributed by atoms with Crippen LogP contribution in [0.2, 0.25) is 0 Å². The molecule has 1 unspecified atom stereocenters. The number of carbonyl (C=O) groups excluding carboxylic acids is 3. The molecule has 1 amide bonds. The minimum Gasteiger partial charge on any atom is -0.457 e. The van der Waals surface area contributed by atoms with Gasteiger partial charge in [-0.15, -0.1) is 0 Å². The van der Waals surface area contributed by atoms with Crippen LogP contribution in [0, 0.1) is 5.92 Å². The predicted molar refractivity (Wildman–Crippen MR) is 101 cm³/mol. The second-order valence-electron chi connectivity index (χ2n) is 8.43. The number of amides is 1. The molecule has 0 radical (unpaired) electrons. The maximum Gasteiger partial charge on any atom is 0.316 e. The summed E-state index contributed by atoms with van der Waals surface area (Å²) in [5, 5.41) is 0. The van der Waals surface area contributed by atoms with Crippen LogP contribution >= 0.6 is 0 Å². The largest absolute Gasteiger partial charge is 0.457 e. The van der Waals surface area contributed by atoms with E-state index in [4.69, 9.17) is 9.47 Å². The Morgan fingerprint density at radius 3 is 2.41 bits per heavy atom. The van der Waals surface area contributed by atoms with Crippen molar-refractivity contribution in [2.75, 3.05) is 40.3 Å². The number of esters is 1. The van der Waals surface area contributed by atoms with Gasteiger partial charge in [0.1, 0.15) is 17.3 Å². The molecule has 7 heteroatoms. The number of rotatable bonds is 2. The number of hydrogen-bond donors (Lipinski definition) is 0. The zero-order chi connectivity index (χ0) is 20.1. The van der Waals surface area contributed by atoms with Crippen LogP contribution in [0.25, 0.3) is 0 Å². The van der Waals surface area contributed by atoms with Gasteiger partial charge in [-0.3, -0.25) is 14.4 Å². The van der Waals surface area contributed by atoms with Crippen LogP contribution in [0.4, 0.5) is 0 Å². The second kappa shape index (κ2) is 9.15. The fraction of sp³-hybridized carbons (Fsp3) is 0.850. The van der Waals surface area contributed by atoms with Crippen molar-refractivity contribution >= 4 is 18.2 Å². The molecule has 27 heavy (non-hydrogen) atoms. The van der Waals surface area contributed by atoms with Crippen LogP contribution < -0.4 is 0 Å². The van der Waals surface area contributed by atoms with E-state index in [1.165, 1.54) is 0 Å². The molecule has 0 aromatic heterocycles. The molecule has 0 aromatic carbocycles. The highest BCUT2D eigenvalue weighted by Gasteiger charge is 2.41. The number of Topliss-reactive ketones (excluding diaryl/α,β-unsaturated/α-hetero) is 1. The first-order chi connectivity index (χ1) is 12.7. The number of carbonyl (C=O) groups is 3. The van der Waals surface area contributed by atoms with Gasteiger partial charge < -0.3 is 19.3 Å². The number of methoxy groups -OCH3 is 1.